The van der Waals surface area contributed by atoms with E-state index in [1.54, 1.807) is 12.5 Å². The number of nitrogens with one attached hydrogen (secondary N) is 2. The maximum atomic E-state index is 12.1. The van der Waals surface area contributed by atoms with Crippen LogP contribution in [0, 0.1) is 0 Å². The number of imidazole rings is 1. The zero-order valence-corrected chi connectivity index (χ0v) is 13.1. The van der Waals surface area contributed by atoms with E-state index in [4.69, 9.17) is 4.74 Å². The van der Waals surface area contributed by atoms with Crippen molar-refractivity contribution in [1.82, 2.24) is 20.2 Å². The molecule has 3 rings (SSSR count). The summed E-state index contributed by atoms with van der Waals surface area (Å²) in [6.45, 7) is 3.56. The third-order valence-corrected chi connectivity index (χ3v) is 3.92. The maximum Gasteiger partial charge on any atom is 0.222 e. The van der Waals surface area contributed by atoms with E-state index in [2.05, 4.69) is 21.7 Å². The van der Waals surface area contributed by atoms with Gasteiger partial charge in [0.15, 0.2) is 0 Å². The van der Waals surface area contributed by atoms with E-state index in [0.29, 0.717) is 19.6 Å². The number of benzene rings is 1. The predicted octanol–water partition coefficient (Wildman–Crippen LogP) is 0.926. The summed E-state index contributed by atoms with van der Waals surface area (Å²) in [6, 6.07) is 8.13. The number of aromatic nitrogens is 2. The Bertz CT molecular complexity index is 621. The quantitative estimate of drug-likeness (QED) is 0.832. The second kappa shape index (κ2) is 7.89. The summed E-state index contributed by atoms with van der Waals surface area (Å²) in [7, 11) is 0. The molecule has 0 spiro atoms. The van der Waals surface area contributed by atoms with Crippen LogP contribution in [0.4, 0.5) is 0 Å². The lowest BCUT2D eigenvalue weighted by molar-refractivity contribution is -0.124. The summed E-state index contributed by atoms with van der Waals surface area (Å²) in [5.74, 6) is 0.0242. The number of rotatable bonds is 6. The Morgan fingerprint density at radius 1 is 1.39 bits per heavy atom. The summed E-state index contributed by atoms with van der Waals surface area (Å²) >= 11 is 0. The van der Waals surface area contributed by atoms with Crippen molar-refractivity contribution in [3.05, 3.63) is 54.1 Å². The molecule has 1 aliphatic rings. The largest absolute Gasteiger partial charge is 0.375 e. The van der Waals surface area contributed by atoms with Crippen LogP contribution in [0.15, 0.2) is 43.0 Å². The Morgan fingerprint density at radius 3 is 3.00 bits per heavy atom. The average Bonchev–Trinajstić information content (AvgIpc) is 3.08. The van der Waals surface area contributed by atoms with Crippen LogP contribution in [0.25, 0.3) is 0 Å². The van der Waals surface area contributed by atoms with Crippen molar-refractivity contribution in [2.75, 3.05) is 19.7 Å². The van der Waals surface area contributed by atoms with Gasteiger partial charge in [0.1, 0.15) is 0 Å². The number of ether oxygens (including phenoxy) is 1. The predicted molar refractivity (Wildman–Crippen MR) is 86.8 cm³/mol. The first-order valence-corrected chi connectivity index (χ1v) is 7.93. The smallest absolute Gasteiger partial charge is 0.222 e. The molecule has 1 atom stereocenters. The Kier molecular flexibility index (Phi) is 5.39. The van der Waals surface area contributed by atoms with Gasteiger partial charge < -0.3 is 19.9 Å². The topological polar surface area (TPSA) is 68.2 Å². The van der Waals surface area contributed by atoms with Gasteiger partial charge in [-0.05, 0) is 11.1 Å². The van der Waals surface area contributed by atoms with Crippen LogP contribution in [0.2, 0.25) is 0 Å². The van der Waals surface area contributed by atoms with Gasteiger partial charge in [-0.2, -0.15) is 0 Å². The van der Waals surface area contributed by atoms with Crippen LogP contribution < -0.4 is 10.6 Å². The molecule has 1 aromatic carbocycles. The lowest BCUT2D eigenvalue weighted by atomic mass is 10.1. The Balaban J connectivity index is 1.54. The number of hydrogen-bond acceptors (Lipinski definition) is 4. The molecule has 1 fully saturated rings. The molecular formula is C17H22N4O2. The Hall–Kier alpha value is -2.18. The molecule has 0 aliphatic carbocycles. The van der Waals surface area contributed by atoms with Crippen molar-refractivity contribution in [3.63, 3.8) is 0 Å². The van der Waals surface area contributed by atoms with E-state index in [-0.39, 0.29) is 12.0 Å². The number of carbonyl (C=O) groups is 1. The maximum absolute atomic E-state index is 12.1. The van der Waals surface area contributed by atoms with Crippen molar-refractivity contribution in [3.8, 4) is 0 Å². The fraction of sp³-hybridized carbons (Fsp3) is 0.412. The van der Waals surface area contributed by atoms with E-state index in [1.165, 1.54) is 5.56 Å². The highest BCUT2D eigenvalue weighted by Gasteiger charge is 2.17. The molecule has 1 aromatic heterocycles. The number of morpholine rings is 1. The molecule has 1 amide bonds. The van der Waals surface area contributed by atoms with Gasteiger partial charge in [0.2, 0.25) is 5.91 Å². The summed E-state index contributed by atoms with van der Waals surface area (Å²) in [4.78, 5) is 16.1. The molecule has 122 valence electrons. The first-order valence-electron chi connectivity index (χ1n) is 7.93. The van der Waals surface area contributed by atoms with E-state index < -0.39 is 0 Å². The molecule has 2 N–H and O–H groups in total. The minimum atomic E-state index is -0.0232. The summed E-state index contributed by atoms with van der Waals surface area (Å²) in [5, 5.41) is 6.23. The number of carbonyl (C=O) groups excluding carboxylic acids is 1. The van der Waals surface area contributed by atoms with E-state index in [0.717, 1.165) is 25.2 Å². The minimum absolute atomic E-state index is 0.0232. The van der Waals surface area contributed by atoms with Crippen LogP contribution in [0.1, 0.15) is 17.5 Å². The zero-order chi connectivity index (χ0) is 15.9. The van der Waals surface area contributed by atoms with E-state index in [1.807, 2.05) is 29.0 Å². The molecule has 0 saturated carbocycles. The molecule has 0 radical (unpaired) electrons. The lowest BCUT2D eigenvalue weighted by Gasteiger charge is -2.23. The Morgan fingerprint density at radius 2 is 2.26 bits per heavy atom. The second-order valence-corrected chi connectivity index (χ2v) is 5.68. The van der Waals surface area contributed by atoms with Crippen molar-refractivity contribution >= 4 is 5.91 Å². The fourth-order valence-corrected chi connectivity index (χ4v) is 2.68. The van der Waals surface area contributed by atoms with Crippen LogP contribution in [0.3, 0.4) is 0 Å². The van der Waals surface area contributed by atoms with E-state index >= 15 is 0 Å². The SMILES string of the molecule is O=C(CC1CNCCO1)NCc1ccccc1Cn1ccnc1. The molecule has 2 heterocycles. The molecule has 6 nitrogen and oxygen atoms in total. The van der Waals surface area contributed by atoms with Crippen molar-refractivity contribution < 1.29 is 9.53 Å². The van der Waals surface area contributed by atoms with Crippen LogP contribution in [-0.4, -0.2) is 41.3 Å². The standard InChI is InChI=1S/C17H22N4O2/c22-17(9-16-11-18-6-8-23-16)20-10-14-3-1-2-4-15(14)12-21-7-5-19-13-21/h1-5,7,13,16,18H,6,8-12H2,(H,20,22). The van der Waals surface area contributed by atoms with Gasteiger partial charge >= 0.3 is 0 Å². The van der Waals surface area contributed by atoms with Crippen LogP contribution in [-0.2, 0) is 22.6 Å². The van der Waals surface area contributed by atoms with Gasteiger partial charge in [-0.15, -0.1) is 0 Å². The molecule has 1 saturated heterocycles. The van der Waals surface area contributed by atoms with E-state index in [9.17, 15) is 4.79 Å². The Labute approximate surface area is 135 Å². The first-order chi connectivity index (χ1) is 11.3. The van der Waals surface area contributed by atoms with Crippen LogP contribution >= 0.6 is 0 Å². The zero-order valence-electron chi connectivity index (χ0n) is 13.1. The molecule has 6 heteroatoms. The van der Waals surface area contributed by atoms with Gasteiger partial charge in [-0.25, -0.2) is 4.98 Å². The normalized spacial score (nSPS) is 17.8. The highest BCUT2D eigenvalue weighted by molar-refractivity contribution is 5.76. The highest BCUT2D eigenvalue weighted by atomic mass is 16.5. The van der Waals surface area contributed by atoms with Gasteiger partial charge in [0, 0.05) is 38.6 Å². The average molecular weight is 314 g/mol. The van der Waals surface area contributed by atoms with Crippen molar-refractivity contribution in [2.24, 2.45) is 0 Å². The monoisotopic (exact) mass is 314 g/mol. The first kappa shape index (κ1) is 15.7. The molecule has 2 aromatic rings. The third kappa shape index (κ3) is 4.64. The summed E-state index contributed by atoms with van der Waals surface area (Å²) < 4.78 is 7.58. The molecule has 1 unspecified atom stereocenters. The van der Waals surface area contributed by atoms with Gasteiger partial charge in [0.25, 0.3) is 0 Å². The molecule has 0 bridgehead atoms. The number of hydrogen-bond donors (Lipinski definition) is 2. The lowest BCUT2D eigenvalue weighted by Crippen LogP contribution is -2.41. The van der Waals surface area contributed by atoms with Gasteiger partial charge in [-0.1, -0.05) is 24.3 Å². The summed E-state index contributed by atoms with van der Waals surface area (Å²) in [5.41, 5.74) is 2.30. The van der Waals surface area contributed by atoms with Crippen molar-refractivity contribution in [1.29, 1.82) is 0 Å². The second-order valence-electron chi connectivity index (χ2n) is 5.68. The fourth-order valence-electron chi connectivity index (χ4n) is 2.68. The molecular weight excluding hydrogens is 292 g/mol. The number of nitrogens with zero attached hydrogens (tertiary/aromatic N) is 2. The molecule has 23 heavy (non-hydrogen) atoms. The number of amides is 1. The highest BCUT2D eigenvalue weighted by Crippen LogP contribution is 2.11. The third-order valence-electron chi connectivity index (χ3n) is 3.92. The van der Waals surface area contributed by atoms with Gasteiger partial charge in [0.05, 0.1) is 25.5 Å². The van der Waals surface area contributed by atoms with Crippen molar-refractivity contribution in [2.45, 2.75) is 25.6 Å². The summed E-state index contributed by atoms with van der Waals surface area (Å²) in [6.07, 6.45) is 5.87. The molecule has 1 aliphatic heterocycles. The van der Waals surface area contributed by atoms with Gasteiger partial charge in [-0.3, -0.25) is 4.79 Å². The van der Waals surface area contributed by atoms with Crippen LogP contribution in [0.5, 0.6) is 0 Å². The minimum Gasteiger partial charge on any atom is -0.375 e.